The summed E-state index contributed by atoms with van der Waals surface area (Å²) in [6.07, 6.45) is -2.83. The summed E-state index contributed by atoms with van der Waals surface area (Å²) in [4.78, 5) is 16.8. The summed E-state index contributed by atoms with van der Waals surface area (Å²) in [6.45, 7) is 4.75. The summed E-state index contributed by atoms with van der Waals surface area (Å²) in [5.41, 5.74) is -1.37. The number of nitrogens with zero attached hydrogens (tertiary/aromatic N) is 4. The second-order valence-corrected chi connectivity index (χ2v) is 8.87. The van der Waals surface area contributed by atoms with Gasteiger partial charge in [-0.1, -0.05) is 24.3 Å². The molecule has 2 heterocycles. The van der Waals surface area contributed by atoms with Crippen molar-refractivity contribution in [2.24, 2.45) is 0 Å². The van der Waals surface area contributed by atoms with Gasteiger partial charge in [0.15, 0.2) is 5.67 Å². The van der Waals surface area contributed by atoms with Gasteiger partial charge in [-0.05, 0) is 38.1 Å². The van der Waals surface area contributed by atoms with Gasteiger partial charge in [0, 0.05) is 48.8 Å². The molecule has 0 bridgehead atoms. The predicted octanol–water partition coefficient (Wildman–Crippen LogP) is 5.56. The second-order valence-electron chi connectivity index (χ2n) is 8.87. The Labute approximate surface area is 200 Å². The number of benzene rings is 2. The van der Waals surface area contributed by atoms with Crippen LogP contribution in [0.25, 0.3) is 11.5 Å². The normalized spacial score (nSPS) is 16.1. The molecule has 6 nitrogen and oxygen atoms in total. The van der Waals surface area contributed by atoms with Crippen LogP contribution in [0.15, 0.2) is 52.9 Å². The van der Waals surface area contributed by atoms with Gasteiger partial charge in [-0.2, -0.15) is 8.78 Å². The van der Waals surface area contributed by atoms with Crippen molar-refractivity contribution in [2.45, 2.75) is 51.4 Å². The fourth-order valence-electron chi connectivity index (χ4n) is 4.16. The first kappa shape index (κ1) is 24.8. The van der Waals surface area contributed by atoms with Crippen LogP contribution in [0.3, 0.4) is 0 Å². The fraction of sp³-hybridized carbons (Fsp3) is 0.400. The molecule has 0 aliphatic carbocycles. The maximum atomic E-state index is 15.9. The first-order valence-electron chi connectivity index (χ1n) is 11.4. The molecule has 0 radical (unpaired) electrons. The number of alkyl halides is 3. The molecule has 0 N–H and O–H groups in total. The van der Waals surface area contributed by atoms with E-state index in [2.05, 4.69) is 15.1 Å². The quantitative estimate of drug-likeness (QED) is 0.406. The minimum Gasteiger partial charge on any atom is -0.415 e. The first-order chi connectivity index (χ1) is 16.7. The van der Waals surface area contributed by atoms with Crippen molar-refractivity contribution in [3.8, 4) is 11.5 Å². The van der Waals surface area contributed by atoms with Gasteiger partial charge in [-0.25, -0.2) is 8.78 Å². The summed E-state index contributed by atoms with van der Waals surface area (Å²) in [6, 6.07) is 12.7. The predicted molar refractivity (Wildman–Crippen MR) is 122 cm³/mol. The lowest BCUT2D eigenvalue weighted by atomic mass is 9.90. The number of hydrogen-bond donors (Lipinski definition) is 0. The average molecular weight is 491 g/mol. The Morgan fingerprint density at radius 3 is 2.37 bits per heavy atom. The molecule has 1 fully saturated rings. The summed E-state index contributed by atoms with van der Waals surface area (Å²) in [5, 5.41) is 6.77. The molecule has 35 heavy (non-hydrogen) atoms. The van der Waals surface area contributed by atoms with Crippen LogP contribution in [0.2, 0.25) is 0 Å². The Bertz CT molecular complexity index is 1160. The number of carbonyl (C=O) groups is 1. The third-order valence-corrected chi connectivity index (χ3v) is 6.27. The number of likely N-dealkylation sites (tertiary alicyclic amines) is 1. The minimum absolute atomic E-state index is 0.0540. The molecule has 1 amide bonds. The molecule has 3 aromatic rings. The molecule has 0 saturated carbocycles. The van der Waals surface area contributed by atoms with Crippen molar-refractivity contribution < 1.29 is 26.8 Å². The molecule has 0 unspecified atom stereocenters. The van der Waals surface area contributed by atoms with E-state index in [-0.39, 0.29) is 42.4 Å². The number of para-hydroxylation sites is 1. The third kappa shape index (κ3) is 5.37. The number of hydrogen-bond acceptors (Lipinski definition) is 5. The average Bonchev–Trinajstić information content (AvgIpc) is 3.34. The minimum atomic E-state index is -2.94. The van der Waals surface area contributed by atoms with E-state index in [4.69, 9.17) is 4.42 Å². The molecule has 0 spiro atoms. The lowest BCUT2D eigenvalue weighted by Gasteiger charge is -2.39. The molecule has 4 rings (SSSR count). The van der Waals surface area contributed by atoms with Gasteiger partial charge in [0.2, 0.25) is 5.89 Å². The topological polar surface area (TPSA) is 62.5 Å². The zero-order valence-corrected chi connectivity index (χ0v) is 19.4. The van der Waals surface area contributed by atoms with Crippen LogP contribution in [0.1, 0.15) is 44.6 Å². The smallest absolute Gasteiger partial charge is 0.314 e. The summed E-state index contributed by atoms with van der Waals surface area (Å²) in [5.74, 6) is -2.53. The highest BCUT2D eigenvalue weighted by Crippen LogP contribution is 2.33. The number of rotatable bonds is 7. The Kier molecular flexibility index (Phi) is 7.20. The van der Waals surface area contributed by atoms with E-state index < -0.39 is 29.7 Å². The van der Waals surface area contributed by atoms with E-state index in [0.717, 1.165) is 6.07 Å². The highest BCUT2D eigenvalue weighted by molar-refractivity contribution is 5.99. The van der Waals surface area contributed by atoms with Gasteiger partial charge in [0.25, 0.3) is 11.8 Å². The number of anilines is 1. The first-order valence-corrected chi connectivity index (χ1v) is 11.4. The van der Waals surface area contributed by atoms with Crippen molar-refractivity contribution in [1.82, 2.24) is 15.1 Å². The van der Waals surface area contributed by atoms with Crippen molar-refractivity contribution in [3.05, 3.63) is 65.8 Å². The second kappa shape index (κ2) is 10.2. The number of aromatic nitrogens is 2. The lowest BCUT2D eigenvalue weighted by Crippen LogP contribution is -2.53. The molecule has 1 aromatic heterocycles. The molecular formula is C25H26F4N4O2. The summed E-state index contributed by atoms with van der Waals surface area (Å²) >= 11 is 0. The van der Waals surface area contributed by atoms with E-state index in [1.807, 2.05) is 13.8 Å². The summed E-state index contributed by atoms with van der Waals surface area (Å²) < 4.78 is 61.3. The highest BCUT2D eigenvalue weighted by Gasteiger charge is 2.45. The van der Waals surface area contributed by atoms with Gasteiger partial charge in [-0.3, -0.25) is 4.79 Å². The number of amides is 1. The Balaban J connectivity index is 1.59. The van der Waals surface area contributed by atoms with Crippen LogP contribution in [0.4, 0.5) is 23.2 Å². The van der Waals surface area contributed by atoms with E-state index in [9.17, 15) is 13.6 Å². The van der Waals surface area contributed by atoms with E-state index in [1.54, 1.807) is 30.3 Å². The SMILES string of the molecule is CC(C)N1CCC(F)(C(=O)N(Cc2ccc(-c3nnc(C(F)F)o3)cc2F)c2ccccc2)CC1. The van der Waals surface area contributed by atoms with Gasteiger partial charge in [0.05, 0.1) is 6.54 Å². The summed E-state index contributed by atoms with van der Waals surface area (Å²) in [7, 11) is 0. The van der Waals surface area contributed by atoms with Gasteiger partial charge < -0.3 is 14.2 Å². The maximum Gasteiger partial charge on any atom is 0.314 e. The highest BCUT2D eigenvalue weighted by atomic mass is 19.3. The monoisotopic (exact) mass is 490 g/mol. The van der Waals surface area contributed by atoms with Crippen LogP contribution < -0.4 is 4.90 Å². The Morgan fingerprint density at radius 2 is 1.80 bits per heavy atom. The zero-order chi connectivity index (χ0) is 25.2. The molecule has 186 valence electrons. The van der Waals surface area contributed by atoms with E-state index in [1.165, 1.54) is 17.0 Å². The zero-order valence-electron chi connectivity index (χ0n) is 19.4. The molecular weight excluding hydrogens is 464 g/mol. The van der Waals surface area contributed by atoms with Crippen molar-refractivity contribution in [3.63, 3.8) is 0 Å². The van der Waals surface area contributed by atoms with Crippen LogP contribution >= 0.6 is 0 Å². The molecule has 2 aromatic carbocycles. The van der Waals surface area contributed by atoms with Crippen LogP contribution in [-0.4, -0.2) is 45.8 Å². The van der Waals surface area contributed by atoms with Crippen molar-refractivity contribution in [2.75, 3.05) is 18.0 Å². The third-order valence-electron chi connectivity index (χ3n) is 6.27. The Hall–Kier alpha value is -3.27. The molecule has 1 saturated heterocycles. The van der Waals surface area contributed by atoms with Crippen LogP contribution in [-0.2, 0) is 11.3 Å². The number of halogens is 4. The molecule has 1 aliphatic heterocycles. The number of piperidine rings is 1. The maximum absolute atomic E-state index is 15.9. The van der Waals surface area contributed by atoms with Gasteiger partial charge in [-0.15, -0.1) is 10.2 Å². The lowest BCUT2D eigenvalue weighted by molar-refractivity contribution is -0.133. The molecule has 10 heteroatoms. The molecule has 1 aliphatic rings. The van der Waals surface area contributed by atoms with Gasteiger partial charge in [0.1, 0.15) is 5.82 Å². The van der Waals surface area contributed by atoms with Crippen molar-refractivity contribution >= 4 is 11.6 Å². The van der Waals surface area contributed by atoms with Crippen molar-refractivity contribution in [1.29, 1.82) is 0 Å². The van der Waals surface area contributed by atoms with Crippen LogP contribution in [0.5, 0.6) is 0 Å². The van der Waals surface area contributed by atoms with Gasteiger partial charge >= 0.3 is 6.43 Å². The van der Waals surface area contributed by atoms with E-state index in [0.29, 0.717) is 18.8 Å². The Morgan fingerprint density at radius 1 is 1.11 bits per heavy atom. The van der Waals surface area contributed by atoms with E-state index >= 15 is 8.78 Å². The fourth-order valence-corrected chi connectivity index (χ4v) is 4.16. The van der Waals surface area contributed by atoms with Crippen LogP contribution in [0, 0.1) is 5.82 Å². The molecule has 0 atom stereocenters. The number of carbonyl (C=O) groups excluding carboxylic acids is 1. The standard InChI is InChI=1S/C25H26F4N4O2/c1-16(2)32-12-10-25(29,11-13-32)24(34)33(19-6-4-3-5-7-19)15-18-9-8-17(14-20(18)26)22-30-31-23(35-22)21(27)28/h3-9,14,16,21H,10-13,15H2,1-2H3. The largest absolute Gasteiger partial charge is 0.415 e.